The number of aromatic nitrogens is 2. The molecule has 6 heteroatoms. The molecule has 0 atom stereocenters. The average Bonchev–Trinajstić information content (AvgIpc) is 3.07. The van der Waals surface area contributed by atoms with Gasteiger partial charge in [-0.3, -0.25) is 9.48 Å². The Bertz CT molecular complexity index is 861. The van der Waals surface area contributed by atoms with E-state index in [9.17, 15) is 4.79 Å². The van der Waals surface area contributed by atoms with Gasteiger partial charge in [0.1, 0.15) is 5.69 Å². The Labute approximate surface area is 157 Å². The van der Waals surface area contributed by atoms with Crippen molar-refractivity contribution in [3.63, 3.8) is 0 Å². The molecule has 0 fully saturated rings. The number of halogens is 1. The molecule has 1 heterocycles. The molecule has 0 bridgehead atoms. The van der Waals surface area contributed by atoms with Crippen molar-refractivity contribution >= 4 is 17.5 Å². The van der Waals surface area contributed by atoms with E-state index in [1.165, 1.54) is 0 Å². The minimum atomic E-state index is -0.206. The Morgan fingerprint density at radius 2 is 1.85 bits per heavy atom. The number of carbonyl (C=O) groups is 1. The number of carbonyl (C=O) groups excluding carboxylic acids is 1. The molecular formula is C20H20ClN3O2. The van der Waals surface area contributed by atoms with E-state index in [2.05, 4.69) is 10.4 Å². The quantitative estimate of drug-likeness (QED) is 0.627. The van der Waals surface area contributed by atoms with Gasteiger partial charge in [-0.15, -0.1) is 0 Å². The maximum Gasteiger partial charge on any atom is 0.255 e. The second-order valence-electron chi connectivity index (χ2n) is 5.91. The molecule has 0 spiro atoms. The third-order valence-corrected chi connectivity index (χ3v) is 4.18. The molecule has 0 radical (unpaired) electrons. The molecule has 0 aliphatic heterocycles. The zero-order valence-corrected chi connectivity index (χ0v) is 15.0. The minimum Gasteiger partial charge on any atom is -0.396 e. The van der Waals surface area contributed by atoms with Crippen molar-refractivity contribution < 1.29 is 9.90 Å². The van der Waals surface area contributed by atoms with Gasteiger partial charge in [-0.1, -0.05) is 54.1 Å². The van der Waals surface area contributed by atoms with E-state index in [0.717, 1.165) is 11.1 Å². The lowest BCUT2D eigenvalue weighted by atomic mass is 10.1. The average molecular weight is 370 g/mol. The van der Waals surface area contributed by atoms with Crippen LogP contribution in [-0.4, -0.2) is 33.9 Å². The Hall–Kier alpha value is -2.63. The Kier molecular flexibility index (Phi) is 6.04. The molecule has 2 aromatic carbocycles. The highest BCUT2D eigenvalue weighted by Crippen LogP contribution is 2.24. The fourth-order valence-corrected chi connectivity index (χ4v) is 2.76. The second kappa shape index (κ2) is 8.65. The lowest BCUT2D eigenvalue weighted by Gasteiger charge is -2.04. The van der Waals surface area contributed by atoms with Crippen LogP contribution < -0.4 is 5.32 Å². The van der Waals surface area contributed by atoms with Gasteiger partial charge in [-0.25, -0.2) is 0 Å². The Balaban J connectivity index is 1.91. The first-order valence-corrected chi connectivity index (χ1v) is 8.81. The topological polar surface area (TPSA) is 67.2 Å². The molecule has 1 amide bonds. The number of rotatable bonds is 7. The minimum absolute atomic E-state index is 0.0393. The molecular weight excluding hydrogens is 350 g/mol. The molecule has 134 valence electrons. The second-order valence-corrected chi connectivity index (χ2v) is 6.35. The Morgan fingerprint density at radius 1 is 1.12 bits per heavy atom. The van der Waals surface area contributed by atoms with Gasteiger partial charge in [0.25, 0.3) is 5.91 Å². The van der Waals surface area contributed by atoms with Gasteiger partial charge in [0.05, 0.1) is 12.1 Å². The van der Waals surface area contributed by atoms with Crippen LogP contribution in [0.15, 0.2) is 60.8 Å². The first-order valence-electron chi connectivity index (χ1n) is 8.44. The van der Waals surface area contributed by atoms with Crippen molar-refractivity contribution in [3.8, 4) is 11.3 Å². The number of aliphatic hydroxyl groups excluding tert-OH is 1. The maximum atomic E-state index is 12.6. The maximum absolute atomic E-state index is 12.6. The van der Waals surface area contributed by atoms with Crippen LogP contribution in [0, 0.1) is 0 Å². The summed E-state index contributed by atoms with van der Waals surface area (Å²) in [5.41, 5.74) is 3.04. The molecule has 2 N–H and O–H groups in total. The van der Waals surface area contributed by atoms with Crippen LogP contribution in [-0.2, 0) is 6.54 Å². The summed E-state index contributed by atoms with van der Waals surface area (Å²) in [6, 6.07) is 17.2. The van der Waals surface area contributed by atoms with E-state index in [1.54, 1.807) is 23.0 Å². The number of nitrogens with one attached hydrogen (secondary N) is 1. The van der Waals surface area contributed by atoms with Gasteiger partial charge in [-0.2, -0.15) is 5.10 Å². The fourth-order valence-electron chi connectivity index (χ4n) is 2.64. The van der Waals surface area contributed by atoms with Crippen LogP contribution >= 0.6 is 11.6 Å². The van der Waals surface area contributed by atoms with Crippen LogP contribution in [0.5, 0.6) is 0 Å². The predicted molar refractivity (Wildman–Crippen MR) is 102 cm³/mol. The molecule has 0 saturated heterocycles. The van der Waals surface area contributed by atoms with Crippen molar-refractivity contribution in [2.75, 3.05) is 13.2 Å². The number of hydrogen-bond acceptors (Lipinski definition) is 3. The van der Waals surface area contributed by atoms with Gasteiger partial charge in [-0.05, 0) is 24.1 Å². The first-order chi connectivity index (χ1) is 12.7. The zero-order valence-electron chi connectivity index (χ0n) is 14.2. The molecule has 26 heavy (non-hydrogen) atoms. The predicted octanol–water partition coefficient (Wildman–Crippen LogP) is 3.36. The van der Waals surface area contributed by atoms with Crippen LogP contribution in [0.25, 0.3) is 11.3 Å². The highest BCUT2D eigenvalue weighted by molar-refractivity contribution is 6.30. The monoisotopic (exact) mass is 369 g/mol. The zero-order chi connectivity index (χ0) is 18.4. The van der Waals surface area contributed by atoms with E-state index < -0.39 is 0 Å². The highest BCUT2D eigenvalue weighted by Gasteiger charge is 2.18. The highest BCUT2D eigenvalue weighted by atomic mass is 35.5. The van der Waals surface area contributed by atoms with Crippen molar-refractivity contribution in [2.45, 2.75) is 13.0 Å². The van der Waals surface area contributed by atoms with Crippen molar-refractivity contribution in [1.82, 2.24) is 15.1 Å². The van der Waals surface area contributed by atoms with Gasteiger partial charge >= 0.3 is 0 Å². The lowest BCUT2D eigenvalue weighted by Crippen LogP contribution is -2.25. The van der Waals surface area contributed by atoms with E-state index in [1.807, 2.05) is 42.5 Å². The number of benzene rings is 2. The third-order valence-electron chi connectivity index (χ3n) is 3.93. The normalized spacial score (nSPS) is 10.7. The summed E-state index contributed by atoms with van der Waals surface area (Å²) in [5.74, 6) is -0.206. The van der Waals surface area contributed by atoms with E-state index in [0.29, 0.717) is 35.8 Å². The number of hydrogen-bond donors (Lipinski definition) is 2. The van der Waals surface area contributed by atoms with Crippen molar-refractivity contribution in [1.29, 1.82) is 0 Å². The summed E-state index contributed by atoms with van der Waals surface area (Å²) in [6.45, 7) is 1.03. The lowest BCUT2D eigenvalue weighted by molar-refractivity contribution is 0.0951. The summed E-state index contributed by atoms with van der Waals surface area (Å²) >= 11 is 5.97. The van der Waals surface area contributed by atoms with Gasteiger partial charge in [0, 0.05) is 29.9 Å². The molecule has 0 aliphatic carbocycles. The number of aliphatic hydroxyl groups is 1. The van der Waals surface area contributed by atoms with Gasteiger partial charge < -0.3 is 10.4 Å². The smallest absolute Gasteiger partial charge is 0.255 e. The summed E-state index contributed by atoms with van der Waals surface area (Å²) in [5, 5.41) is 17.0. The Morgan fingerprint density at radius 3 is 2.54 bits per heavy atom. The van der Waals surface area contributed by atoms with Crippen LogP contribution in [0.2, 0.25) is 5.02 Å². The first kappa shape index (κ1) is 18.2. The summed E-state index contributed by atoms with van der Waals surface area (Å²) in [7, 11) is 0. The summed E-state index contributed by atoms with van der Waals surface area (Å²) in [4.78, 5) is 12.6. The van der Waals surface area contributed by atoms with Gasteiger partial charge in [0.15, 0.2) is 0 Å². The molecule has 3 rings (SSSR count). The van der Waals surface area contributed by atoms with E-state index in [-0.39, 0.29) is 12.5 Å². The van der Waals surface area contributed by atoms with E-state index >= 15 is 0 Å². The van der Waals surface area contributed by atoms with E-state index in [4.69, 9.17) is 16.7 Å². The molecule has 0 aliphatic rings. The standard InChI is InChI=1S/C20H20ClN3O2/c21-17-9-7-16(8-10-17)19-18(20(26)22-11-4-12-25)14-24(23-19)13-15-5-2-1-3-6-15/h1-3,5-10,14,25H,4,11-13H2,(H,22,26). The van der Waals surface area contributed by atoms with Crippen molar-refractivity contribution in [3.05, 3.63) is 76.9 Å². The van der Waals surface area contributed by atoms with Gasteiger partial charge in [0.2, 0.25) is 0 Å². The number of nitrogens with zero attached hydrogens (tertiary/aromatic N) is 2. The van der Waals surface area contributed by atoms with Crippen molar-refractivity contribution in [2.24, 2.45) is 0 Å². The third kappa shape index (κ3) is 4.50. The van der Waals surface area contributed by atoms with Crippen LogP contribution in [0.3, 0.4) is 0 Å². The SMILES string of the molecule is O=C(NCCCO)c1cn(Cc2ccccc2)nc1-c1ccc(Cl)cc1. The summed E-state index contributed by atoms with van der Waals surface area (Å²) in [6.07, 6.45) is 2.27. The van der Waals surface area contributed by atoms with Crippen LogP contribution in [0.1, 0.15) is 22.3 Å². The molecule has 1 aromatic heterocycles. The number of amides is 1. The molecule has 0 unspecified atom stereocenters. The molecule has 5 nitrogen and oxygen atoms in total. The van der Waals surface area contributed by atoms with Crippen LogP contribution in [0.4, 0.5) is 0 Å². The molecule has 0 saturated carbocycles. The largest absolute Gasteiger partial charge is 0.396 e. The molecule has 3 aromatic rings. The fraction of sp³-hybridized carbons (Fsp3) is 0.200. The summed E-state index contributed by atoms with van der Waals surface area (Å²) < 4.78 is 1.76.